The molecule has 0 saturated heterocycles. The molecule has 1 aromatic rings. The van der Waals surface area contributed by atoms with Crippen LogP contribution in [0, 0.1) is 0 Å². The van der Waals surface area contributed by atoms with Crippen LogP contribution in [0.25, 0.3) is 0 Å². The molecule has 1 amide bonds. The van der Waals surface area contributed by atoms with E-state index in [1.54, 1.807) is 26.0 Å². The maximum atomic E-state index is 11.7. The van der Waals surface area contributed by atoms with Crippen LogP contribution in [0.2, 0.25) is 0 Å². The largest absolute Gasteiger partial charge is 0.508 e. The van der Waals surface area contributed by atoms with E-state index in [0.29, 0.717) is 31.5 Å². The van der Waals surface area contributed by atoms with Gasteiger partial charge in [-0.2, -0.15) is 0 Å². The summed E-state index contributed by atoms with van der Waals surface area (Å²) in [5.41, 5.74) is 0.542. The first kappa shape index (κ1) is 17.5. The number of nitrogens with one attached hydrogen (secondary N) is 2. The number of hydrogen-bond donors (Lipinski definition) is 3. The summed E-state index contributed by atoms with van der Waals surface area (Å²) in [7, 11) is -3.23. The van der Waals surface area contributed by atoms with E-state index in [4.69, 9.17) is 0 Å². The smallest absolute Gasteiger partial charge is 0.224 e. The van der Waals surface area contributed by atoms with Crippen molar-refractivity contribution in [1.29, 1.82) is 0 Å². The fourth-order valence-corrected chi connectivity index (χ4v) is 2.36. The van der Waals surface area contributed by atoms with Crippen molar-refractivity contribution in [2.24, 2.45) is 0 Å². The molecule has 0 aliphatic carbocycles. The fraction of sp³-hybridized carbons (Fsp3) is 0.500. The van der Waals surface area contributed by atoms with Gasteiger partial charge in [0.05, 0.1) is 5.25 Å². The Balaban J connectivity index is 2.23. The van der Waals surface area contributed by atoms with Gasteiger partial charge in [-0.05, 0) is 38.8 Å². The summed E-state index contributed by atoms with van der Waals surface area (Å²) in [6.07, 6.45) is 1.49. The molecule has 1 aromatic carbocycles. The Hall–Kier alpha value is -1.60. The topological polar surface area (TPSA) is 95.5 Å². The van der Waals surface area contributed by atoms with Crippen molar-refractivity contribution >= 4 is 21.6 Å². The van der Waals surface area contributed by atoms with Gasteiger partial charge in [0.15, 0.2) is 0 Å². The van der Waals surface area contributed by atoms with E-state index in [1.807, 2.05) is 0 Å². The highest BCUT2D eigenvalue weighted by atomic mass is 32.2. The molecule has 0 unspecified atom stereocenters. The zero-order chi connectivity index (χ0) is 15.9. The molecule has 21 heavy (non-hydrogen) atoms. The molecule has 0 spiro atoms. The van der Waals surface area contributed by atoms with Crippen LogP contribution >= 0.6 is 0 Å². The Kier molecular flexibility index (Phi) is 6.64. The second-order valence-electron chi connectivity index (χ2n) is 5.04. The minimum absolute atomic E-state index is 0.0934. The zero-order valence-electron chi connectivity index (χ0n) is 12.3. The highest BCUT2D eigenvalue weighted by molar-refractivity contribution is 7.90. The van der Waals surface area contributed by atoms with Gasteiger partial charge in [0.2, 0.25) is 15.9 Å². The predicted octanol–water partition coefficient (Wildman–Crippen LogP) is 1.83. The summed E-state index contributed by atoms with van der Waals surface area (Å²) in [6, 6.07) is 6.32. The Morgan fingerprint density at radius 2 is 2.00 bits per heavy atom. The summed E-state index contributed by atoms with van der Waals surface area (Å²) in [4.78, 5) is 11.7. The first-order valence-corrected chi connectivity index (χ1v) is 8.43. The first-order chi connectivity index (χ1) is 9.81. The quantitative estimate of drug-likeness (QED) is 0.638. The van der Waals surface area contributed by atoms with Gasteiger partial charge in [-0.25, -0.2) is 13.1 Å². The average molecular weight is 314 g/mol. The zero-order valence-corrected chi connectivity index (χ0v) is 13.1. The number of carbonyl (C=O) groups excluding carboxylic acids is 1. The maximum Gasteiger partial charge on any atom is 0.224 e. The summed E-state index contributed by atoms with van der Waals surface area (Å²) < 4.78 is 25.5. The molecule has 0 aliphatic rings. The highest BCUT2D eigenvalue weighted by Gasteiger charge is 2.14. The van der Waals surface area contributed by atoms with Crippen molar-refractivity contribution in [1.82, 2.24) is 4.72 Å². The molecule has 6 nitrogen and oxygen atoms in total. The van der Waals surface area contributed by atoms with E-state index < -0.39 is 15.3 Å². The van der Waals surface area contributed by atoms with Crippen molar-refractivity contribution in [2.45, 2.75) is 38.4 Å². The Bertz CT molecular complexity index is 570. The van der Waals surface area contributed by atoms with E-state index in [0.717, 1.165) is 0 Å². The number of sulfonamides is 1. The van der Waals surface area contributed by atoms with Gasteiger partial charge in [-0.15, -0.1) is 0 Å². The Labute approximate surface area is 125 Å². The SMILES string of the molecule is CC(C)S(=O)(=O)NCCCCC(=O)Nc1cccc(O)c1. The number of aromatic hydroxyl groups is 1. The summed E-state index contributed by atoms with van der Waals surface area (Å²) in [5, 5.41) is 11.5. The third-order valence-electron chi connectivity index (χ3n) is 2.88. The van der Waals surface area contributed by atoms with Gasteiger partial charge in [0.25, 0.3) is 0 Å². The van der Waals surface area contributed by atoms with Crippen molar-refractivity contribution in [2.75, 3.05) is 11.9 Å². The van der Waals surface area contributed by atoms with Gasteiger partial charge < -0.3 is 10.4 Å². The number of anilines is 1. The van der Waals surface area contributed by atoms with Crippen LogP contribution in [0.1, 0.15) is 33.1 Å². The normalized spacial score (nSPS) is 11.6. The first-order valence-electron chi connectivity index (χ1n) is 6.88. The molecular formula is C14H22N2O4S. The Morgan fingerprint density at radius 1 is 1.29 bits per heavy atom. The Morgan fingerprint density at radius 3 is 2.62 bits per heavy atom. The van der Waals surface area contributed by atoms with Crippen molar-refractivity contribution < 1.29 is 18.3 Å². The molecule has 0 fully saturated rings. The number of benzene rings is 1. The van der Waals surface area contributed by atoms with E-state index >= 15 is 0 Å². The van der Waals surface area contributed by atoms with E-state index in [-0.39, 0.29) is 11.7 Å². The van der Waals surface area contributed by atoms with Crippen LogP contribution in [-0.4, -0.2) is 31.2 Å². The second-order valence-corrected chi connectivity index (χ2v) is 7.37. The summed E-state index contributed by atoms with van der Waals surface area (Å²) in [5.74, 6) is -0.0665. The highest BCUT2D eigenvalue weighted by Crippen LogP contribution is 2.15. The number of phenolic OH excluding ortho intramolecular Hbond substituents is 1. The number of amides is 1. The van der Waals surface area contributed by atoms with Crippen LogP contribution in [0.4, 0.5) is 5.69 Å². The molecule has 0 heterocycles. The van der Waals surface area contributed by atoms with Crippen molar-refractivity contribution in [3.05, 3.63) is 24.3 Å². The molecule has 0 atom stereocenters. The average Bonchev–Trinajstić information content (AvgIpc) is 2.38. The number of carbonyl (C=O) groups is 1. The molecule has 0 saturated carbocycles. The van der Waals surface area contributed by atoms with Gasteiger partial charge in [0.1, 0.15) is 5.75 Å². The minimum Gasteiger partial charge on any atom is -0.508 e. The van der Waals surface area contributed by atoms with Crippen molar-refractivity contribution in [3.63, 3.8) is 0 Å². The number of phenols is 1. The molecule has 0 radical (unpaired) electrons. The van der Waals surface area contributed by atoms with E-state index in [1.165, 1.54) is 12.1 Å². The molecule has 0 aliphatic heterocycles. The monoisotopic (exact) mass is 314 g/mol. The van der Waals surface area contributed by atoms with Crippen LogP contribution in [0.5, 0.6) is 5.75 Å². The molecule has 118 valence electrons. The molecule has 0 bridgehead atoms. The van der Waals surface area contributed by atoms with Crippen LogP contribution < -0.4 is 10.0 Å². The van der Waals surface area contributed by atoms with Gasteiger partial charge in [-0.1, -0.05) is 6.07 Å². The third-order valence-corrected chi connectivity index (χ3v) is 4.73. The van der Waals surface area contributed by atoms with Crippen LogP contribution in [-0.2, 0) is 14.8 Å². The van der Waals surface area contributed by atoms with Crippen LogP contribution in [0.15, 0.2) is 24.3 Å². The number of rotatable bonds is 8. The molecule has 0 aromatic heterocycles. The molecule has 3 N–H and O–H groups in total. The third kappa shape index (κ3) is 6.59. The molecule has 1 rings (SSSR count). The van der Waals surface area contributed by atoms with E-state index in [2.05, 4.69) is 10.0 Å². The minimum atomic E-state index is -3.23. The lowest BCUT2D eigenvalue weighted by Gasteiger charge is -2.09. The van der Waals surface area contributed by atoms with Crippen LogP contribution in [0.3, 0.4) is 0 Å². The predicted molar refractivity (Wildman–Crippen MR) is 82.6 cm³/mol. The standard InChI is InChI=1S/C14H22N2O4S/c1-11(2)21(19,20)15-9-4-3-8-14(18)16-12-6-5-7-13(17)10-12/h5-7,10-11,15,17H,3-4,8-9H2,1-2H3,(H,16,18). The maximum absolute atomic E-state index is 11.7. The fourth-order valence-electron chi connectivity index (χ4n) is 1.60. The number of unbranched alkanes of at least 4 members (excludes halogenated alkanes) is 1. The van der Waals surface area contributed by atoms with Gasteiger partial charge in [0, 0.05) is 24.7 Å². The molecular weight excluding hydrogens is 292 g/mol. The van der Waals surface area contributed by atoms with Crippen molar-refractivity contribution in [3.8, 4) is 5.75 Å². The lowest BCUT2D eigenvalue weighted by Crippen LogP contribution is -2.31. The second kappa shape index (κ2) is 7.99. The number of hydrogen-bond acceptors (Lipinski definition) is 4. The lowest BCUT2D eigenvalue weighted by atomic mass is 10.2. The van der Waals surface area contributed by atoms with E-state index in [9.17, 15) is 18.3 Å². The lowest BCUT2D eigenvalue weighted by molar-refractivity contribution is -0.116. The summed E-state index contributed by atoms with van der Waals surface area (Å²) in [6.45, 7) is 3.57. The van der Waals surface area contributed by atoms with Gasteiger partial charge in [-0.3, -0.25) is 4.79 Å². The molecule has 7 heteroatoms. The van der Waals surface area contributed by atoms with Gasteiger partial charge >= 0.3 is 0 Å². The summed E-state index contributed by atoms with van der Waals surface area (Å²) >= 11 is 0.